The number of benzene rings is 2. The number of amides is 1. The van der Waals surface area contributed by atoms with Crippen LogP contribution in [0, 0.1) is 6.92 Å². The van der Waals surface area contributed by atoms with Crippen LogP contribution in [0.1, 0.15) is 22.8 Å². The summed E-state index contributed by atoms with van der Waals surface area (Å²) in [7, 11) is 0. The zero-order chi connectivity index (χ0) is 17.6. The number of carbonyl (C=O) groups is 1. The SMILES string of the molecule is CCN(c1ccc(NC(=O)c2cccnc2)cc1)c1cccc(C)c1. The molecule has 0 fully saturated rings. The Balaban J connectivity index is 1.76. The van der Waals surface area contributed by atoms with Gasteiger partial charge in [-0.05, 0) is 67.9 Å². The van der Waals surface area contributed by atoms with Gasteiger partial charge in [0.2, 0.25) is 0 Å². The molecule has 25 heavy (non-hydrogen) atoms. The van der Waals surface area contributed by atoms with Crippen LogP contribution >= 0.6 is 0 Å². The van der Waals surface area contributed by atoms with Gasteiger partial charge in [0.05, 0.1) is 5.56 Å². The fourth-order valence-electron chi connectivity index (χ4n) is 2.74. The minimum atomic E-state index is -0.160. The van der Waals surface area contributed by atoms with Crippen LogP contribution in [0.5, 0.6) is 0 Å². The van der Waals surface area contributed by atoms with Crippen molar-refractivity contribution in [3.8, 4) is 0 Å². The van der Waals surface area contributed by atoms with Crippen molar-refractivity contribution in [3.63, 3.8) is 0 Å². The molecule has 0 aliphatic heterocycles. The Morgan fingerprint density at radius 2 is 1.84 bits per heavy atom. The van der Waals surface area contributed by atoms with Gasteiger partial charge in [-0.1, -0.05) is 12.1 Å². The van der Waals surface area contributed by atoms with Crippen LogP contribution in [-0.2, 0) is 0 Å². The van der Waals surface area contributed by atoms with Crippen LogP contribution in [0.15, 0.2) is 73.1 Å². The second-order valence-electron chi connectivity index (χ2n) is 5.83. The average molecular weight is 331 g/mol. The summed E-state index contributed by atoms with van der Waals surface area (Å²) < 4.78 is 0. The molecule has 0 radical (unpaired) electrons. The molecule has 1 aromatic heterocycles. The lowest BCUT2D eigenvalue weighted by molar-refractivity contribution is 0.102. The van der Waals surface area contributed by atoms with Crippen molar-refractivity contribution in [1.82, 2.24) is 4.98 Å². The maximum atomic E-state index is 12.2. The van der Waals surface area contributed by atoms with Crippen molar-refractivity contribution in [2.45, 2.75) is 13.8 Å². The van der Waals surface area contributed by atoms with Crippen molar-refractivity contribution in [3.05, 3.63) is 84.2 Å². The Bertz CT molecular complexity index is 845. The van der Waals surface area contributed by atoms with Crippen molar-refractivity contribution in [2.75, 3.05) is 16.8 Å². The first-order valence-electron chi connectivity index (χ1n) is 8.33. The van der Waals surface area contributed by atoms with Gasteiger partial charge < -0.3 is 10.2 Å². The van der Waals surface area contributed by atoms with Gasteiger partial charge in [-0.3, -0.25) is 9.78 Å². The second-order valence-corrected chi connectivity index (χ2v) is 5.83. The summed E-state index contributed by atoms with van der Waals surface area (Å²) in [5.74, 6) is -0.160. The number of nitrogens with one attached hydrogen (secondary N) is 1. The van der Waals surface area contributed by atoms with Crippen LogP contribution in [-0.4, -0.2) is 17.4 Å². The molecule has 126 valence electrons. The van der Waals surface area contributed by atoms with Crippen LogP contribution in [0.25, 0.3) is 0 Å². The standard InChI is InChI=1S/C21H21N3O/c1-3-24(20-8-4-6-16(2)14-20)19-11-9-18(10-12-19)23-21(25)17-7-5-13-22-15-17/h4-15H,3H2,1-2H3,(H,23,25). The lowest BCUT2D eigenvalue weighted by Gasteiger charge is -2.24. The molecule has 0 spiro atoms. The van der Waals surface area contributed by atoms with Crippen molar-refractivity contribution >= 4 is 23.0 Å². The molecule has 0 atom stereocenters. The third kappa shape index (κ3) is 4.04. The summed E-state index contributed by atoms with van der Waals surface area (Å²) in [6.07, 6.45) is 3.20. The van der Waals surface area contributed by atoms with E-state index in [0.717, 1.165) is 23.6 Å². The van der Waals surface area contributed by atoms with Crippen LogP contribution in [0.2, 0.25) is 0 Å². The first kappa shape index (κ1) is 16.7. The van der Waals surface area contributed by atoms with Gasteiger partial charge in [-0.15, -0.1) is 0 Å². The van der Waals surface area contributed by atoms with E-state index in [2.05, 4.69) is 53.3 Å². The molecular formula is C21H21N3O. The molecule has 2 aromatic carbocycles. The molecule has 3 aromatic rings. The minimum Gasteiger partial charge on any atom is -0.342 e. The number of hydrogen-bond acceptors (Lipinski definition) is 3. The normalized spacial score (nSPS) is 10.3. The van der Waals surface area contributed by atoms with Gasteiger partial charge in [0.25, 0.3) is 5.91 Å². The molecule has 0 unspecified atom stereocenters. The number of anilines is 3. The van der Waals surface area contributed by atoms with E-state index in [1.165, 1.54) is 5.56 Å². The number of aryl methyl sites for hydroxylation is 1. The van der Waals surface area contributed by atoms with Gasteiger partial charge in [-0.2, -0.15) is 0 Å². The smallest absolute Gasteiger partial charge is 0.257 e. The van der Waals surface area contributed by atoms with E-state index in [1.54, 1.807) is 24.5 Å². The monoisotopic (exact) mass is 331 g/mol. The Morgan fingerprint density at radius 3 is 2.48 bits per heavy atom. The summed E-state index contributed by atoms with van der Waals surface area (Å²) in [5, 5.41) is 2.89. The van der Waals surface area contributed by atoms with Crippen molar-refractivity contribution < 1.29 is 4.79 Å². The first-order chi connectivity index (χ1) is 12.2. The Labute approximate surface area is 148 Å². The van der Waals surface area contributed by atoms with Gasteiger partial charge in [0.1, 0.15) is 0 Å². The largest absolute Gasteiger partial charge is 0.342 e. The molecular weight excluding hydrogens is 310 g/mol. The number of rotatable bonds is 5. The highest BCUT2D eigenvalue weighted by Gasteiger charge is 2.09. The molecule has 4 nitrogen and oxygen atoms in total. The maximum Gasteiger partial charge on any atom is 0.257 e. The number of carbonyl (C=O) groups excluding carboxylic acids is 1. The Hall–Kier alpha value is -3.14. The zero-order valence-corrected chi connectivity index (χ0v) is 14.4. The summed E-state index contributed by atoms with van der Waals surface area (Å²) in [5.41, 5.74) is 4.79. The molecule has 3 rings (SSSR count). The molecule has 1 amide bonds. The van der Waals surface area contributed by atoms with E-state index in [0.29, 0.717) is 5.56 Å². The van der Waals surface area contributed by atoms with Crippen LogP contribution in [0.3, 0.4) is 0 Å². The third-order valence-electron chi connectivity index (χ3n) is 3.99. The van der Waals surface area contributed by atoms with Gasteiger partial charge >= 0.3 is 0 Å². The lowest BCUT2D eigenvalue weighted by atomic mass is 10.2. The molecule has 0 aliphatic rings. The molecule has 4 heteroatoms. The maximum absolute atomic E-state index is 12.2. The summed E-state index contributed by atoms with van der Waals surface area (Å²) in [4.78, 5) is 18.4. The minimum absolute atomic E-state index is 0.160. The topological polar surface area (TPSA) is 45.2 Å². The van der Waals surface area contributed by atoms with Gasteiger partial charge in [0, 0.05) is 36.0 Å². The van der Waals surface area contributed by atoms with Crippen molar-refractivity contribution in [2.24, 2.45) is 0 Å². The molecule has 1 N–H and O–H groups in total. The van der Waals surface area contributed by atoms with E-state index in [4.69, 9.17) is 0 Å². The summed E-state index contributed by atoms with van der Waals surface area (Å²) in [6, 6.07) is 19.8. The zero-order valence-electron chi connectivity index (χ0n) is 14.4. The molecule has 0 aliphatic carbocycles. The van der Waals surface area contributed by atoms with E-state index < -0.39 is 0 Å². The molecule has 1 heterocycles. The molecule has 0 bridgehead atoms. The summed E-state index contributed by atoms with van der Waals surface area (Å²) in [6.45, 7) is 5.08. The van der Waals surface area contributed by atoms with E-state index >= 15 is 0 Å². The van der Waals surface area contributed by atoms with E-state index in [-0.39, 0.29) is 5.91 Å². The predicted molar refractivity (Wildman–Crippen MR) is 102 cm³/mol. The predicted octanol–water partition coefficient (Wildman–Crippen LogP) is 4.80. The molecule has 0 saturated heterocycles. The highest BCUT2D eigenvalue weighted by Crippen LogP contribution is 2.27. The van der Waals surface area contributed by atoms with Crippen LogP contribution < -0.4 is 10.2 Å². The molecule has 0 saturated carbocycles. The second kappa shape index (κ2) is 7.62. The third-order valence-corrected chi connectivity index (χ3v) is 3.99. The van der Waals surface area contributed by atoms with E-state index in [9.17, 15) is 4.79 Å². The van der Waals surface area contributed by atoms with Gasteiger partial charge in [-0.25, -0.2) is 0 Å². The highest BCUT2D eigenvalue weighted by atomic mass is 16.1. The number of aromatic nitrogens is 1. The first-order valence-corrected chi connectivity index (χ1v) is 8.33. The fraction of sp³-hybridized carbons (Fsp3) is 0.143. The number of nitrogens with zero attached hydrogens (tertiary/aromatic N) is 2. The quantitative estimate of drug-likeness (QED) is 0.730. The van der Waals surface area contributed by atoms with E-state index in [1.807, 2.05) is 24.3 Å². The number of hydrogen-bond donors (Lipinski definition) is 1. The highest BCUT2D eigenvalue weighted by molar-refractivity contribution is 6.04. The summed E-state index contributed by atoms with van der Waals surface area (Å²) >= 11 is 0. The van der Waals surface area contributed by atoms with Crippen LogP contribution in [0.4, 0.5) is 17.1 Å². The Kier molecular flexibility index (Phi) is 5.09. The number of pyridine rings is 1. The lowest BCUT2D eigenvalue weighted by Crippen LogP contribution is -2.16. The fourth-order valence-corrected chi connectivity index (χ4v) is 2.74. The average Bonchev–Trinajstić information content (AvgIpc) is 2.64. The van der Waals surface area contributed by atoms with Gasteiger partial charge in [0.15, 0.2) is 0 Å². The van der Waals surface area contributed by atoms with Crippen molar-refractivity contribution in [1.29, 1.82) is 0 Å². The Morgan fingerprint density at radius 1 is 1.04 bits per heavy atom.